The van der Waals surface area contributed by atoms with Gasteiger partial charge in [-0.3, -0.25) is 9.59 Å². The number of para-hydroxylation sites is 1. The summed E-state index contributed by atoms with van der Waals surface area (Å²) in [5.41, 5.74) is 0.507. The van der Waals surface area contributed by atoms with Crippen LogP contribution in [0.4, 0.5) is 0 Å². The van der Waals surface area contributed by atoms with Gasteiger partial charge in [-0.1, -0.05) is 12.1 Å². The van der Waals surface area contributed by atoms with E-state index in [0.29, 0.717) is 50.5 Å². The highest BCUT2D eigenvalue weighted by Crippen LogP contribution is 2.23. The molecule has 0 aromatic heterocycles. The number of likely N-dealkylation sites (tertiary alicyclic amines) is 1. The van der Waals surface area contributed by atoms with Crippen molar-refractivity contribution in [2.24, 2.45) is 5.92 Å². The summed E-state index contributed by atoms with van der Waals surface area (Å²) in [5.74, 6) is -0.714. The molecule has 0 saturated carbocycles. The molecule has 1 aromatic carbocycles. The van der Waals surface area contributed by atoms with Gasteiger partial charge in [0.15, 0.2) is 0 Å². The highest BCUT2D eigenvalue weighted by atomic mass is 16.5. The number of carbonyl (C=O) groups is 2. The van der Waals surface area contributed by atoms with E-state index < -0.39 is 5.97 Å². The molecule has 1 amide bonds. The van der Waals surface area contributed by atoms with Crippen LogP contribution in [0.5, 0.6) is 5.75 Å². The summed E-state index contributed by atoms with van der Waals surface area (Å²) >= 11 is 0. The number of nitrogens with zero attached hydrogens (tertiary/aromatic N) is 1. The smallest absolute Gasteiger partial charge is 0.306 e. The summed E-state index contributed by atoms with van der Waals surface area (Å²) in [7, 11) is 1.59. The molecule has 1 heterocycles. The Kier molecular flexibility index (Phi) is 5.77. The molecule has 6 heteroatoms. The third kappa shape index (κ3) is 3.98. The summed E-state index contributed by atoms with van der Waals surface area (Å²) < 4.78 is 10.5. The summed E-state index contributed by atoms with van der Waals surface area (Å²) in [6, 6.07) is 7.09. The van der Waals surface area contributed by atoms with Crippen molar-refractivity contribution in [1.29, 1.82) is 0 Å². The first-order valence-electron chi connectivity index (χ1n) is 7.36. The van der Waals surface area contributed by atoms with Crippen LogP contribution in [0, 0.1) is 5.92 Å². The molecule has 1 saturated heterocycles. The first-order chi connectivity index (χ1) is 10.6. The van der Waals surface area contributed by atoms with E-state index in [-0.39, 0.29) is 11.8 Å². The third-order valence-corrected chi connectivity index (χ3v) is 3.79. The molecule has 6 nitrogen and oxygen atoms in total. The second kappa shape index (κ2) is 7.79. The maximum Gasteiger partial charge on any atom is 0.306 e. The van der Waals surface area contributed by atoms with E-state index in [1.54, 1.807) is 30.2 Å². The number of aliphatic carboxylic acids is 1. The van der Waals surface area contributed by atoms with Crippen molar-refractivity contribution < 1.29 is 24.2 Å². The Labute approximate surface area is 129 Å². The molecule has 0 atom stereocenters. The van der Waals surface area contributed by atoms with Gasteiger partial charge < -0.3 is 19.5 Å². The first kappa shape index (κ1) is 16.3. The number of ether oxygens (including phenoxy) is 2. The van der Waals surface area contributed by atoms with Crippen molar-refractivity contribution in [3.8, 4) is 5.75 Å². The average Bonchev–Trinajstić information content (AvgIpc) is 2.55. The van der Waals surface area contributed by atoms with E-state index in [0.717, 1.165) is 0 Å². The van der Waals surface area contributed by atoms with Crippen molar-refractivity contribution in [3.05, 3.63) is 29.8 Å². The van der Waals surface area contributed by atoms with Crippen molar-refractivity contribution in [1.82, 2.24) is 4.90 Å². The summed E-state index contributed by atoms with van der Waals surface area (Å²) in [5, 5.41) is 9.01. The minimum atomic E-state index is -0.782. The monoisotopic (exact) mass is 307 g/mol. The molecular weight excluding hydrogens is 286 g/mol. The molecule has 0 spiro atoms. The number of methoxy groups -OCH3 is 1. The Balaban J connectivity index is 2.02. The van der Waals surface area contributed by atoms with Crippen molar-refractivity contribution in [2.75, 3.05) is 33.4 Å². The van der Waals surface area contributed by atoms with Crippen LogP contribution in [0.3, 0.4) is 0 Å². The van der Waals surface area contributed by atoms with Crippen LogP contribution in [-0.2, 0) is 9.53 Å². The largest absolute Gasteiger partial charge is 0.490 e. The maximum absolute atomic E-state index is 12.6. The molecule has 1 aliphatic heterocycles. The van der Waals surface area contributed by atoms with Crippen LogP contribution in [0.25, 0.3) is 0 Å². The van der Waals surface area contributed by atoms with E-state index in [9.17, 15) is 9.59 Å². The molecule has 2 rings (SSSR count). The molecule has 1 aliphatic rings. The Morgan fingerprint density at radius 2 is 1.91 bits per heavy atom. The summed E-state index contributed by atoms with van der Waals surface area (Å²) in [4.78, 5) is 25.3. The highest BCUT2D eigenvalue weighted by molar-refractivity contribution is 5.97. The van der Waals surface area contributed by atoms with Crippen molar-refractivity contribution in [3.63, 3.8) is 0 Å². The molecule has 22 heavy (non-hydrogen) atoms. The topological polar surface area (TPSA) is 76.1 Å². The lowest BCUT2D eigenvalue weighted by atomic mass is 9.96. The van der Waals surface area contributed by atoms with Gasteiger partial charge >= 0.3 is 5.97 Å². The Hall–Kier alpha value is -2.08. The third-order valence-electron chi connectivity index (χ3n) is 3.79. The fraction of sp³-hybridized carbons (Fsp3) is 0.500. The normalized spacial score (nSPS) is 15.6. The highest BCUT2D eigenvalue weighted by Gasteiger charge is 2.28. The first-order valence-corrected chi connectivity index (χ1v) is 7.36. The van der Waals surface area contributed by atoms with Crippen LogP contribution in [-0.4, -0.2) is 55.3 Å². The van der Waals surface area contributed by atoms with Crippen molar-refractivity contribution in [2.45, 2.75) is 12.8 Å². The minimum absolute atomic E-state index is 0.114. The number of amides is 1. The van der Waals surface area contributed by atoms with Crippen LogP contribution >= 0.6 is 0 Å². The van der Waals surface area contributed by atoms with Gasteiger partial charge in [0, 0.05) is 20.2 Å². The number of hydrogen-bond donors (Lipinski definition) is 1. The Morgan fingerprint density at radius 3 is 2.55 bits per heavy atom. The Morgan fingerprint density at radius 1 is 1.23 bits per heavy atom. The minimum Gasteiger partial charge on any atom is -0.490 e. The summed E-state index contributed by atoms with van der Waals surface area (Å²) in [6.07, 6.45) is 0.988. The van der Waals surface area contributed by atoms with Gasteiger partial charge in [-0.2, -0.15) is 0 Å². The fourth-order valence-electron chi connectivity index (χ4n) is 2.50. The molecule has 1 fully saturated rings. The number of hydrogen-bond acceptors (Lipinski definition) is 4. The standard InChI is InChI=1S/C16H21NO5/c1-21-10-11-22-14-5-3-2-4-13(14)15(18)17-8-6-12(7-9-17)16(19)20/h2-5,12H,6-11H2,1H3,(H,19,20). The van der Waals surface area contributed by atoms with Gasteiger partial charge in [0.1, 0.15) is 12.4 Å². The average molecular weight is 307 g/mol. The Bertz CT molecular complexity index is 523. The number of carbonyl (C=O) groups excluding carboxylic acids is 1. The van der Waals surface area contributed by atoms with Crippen LogP contribution < -0.4 is 4.74 Å². The van der Waals surface area contributed by atoms with Crippen LogP contribution in [0.2, 0.25) is 0 Å². The molecule has 0 bridgehead atoms. The molecule has 0 unspecified atom stereocenters. The zero-order valence-corrected chi connectivity index (χ0v) is 12.7. The molecule has 0 radical (unpaired) electrons. The van der Waals surface area contributed by atoms with Crippen LogP contribution in [0.1, 0.15) is 23.2 Å². The lowest BCUT2D eigenvalue weighted by Gasteiger charge is -2.30. The van der Waals surface area contributed by atoms with E-state index >= 15 is 0 Å². The second-order valence-corrected chi connectivity index (χ2v) is 5.24. The number of piperidine rings is 1. The van der Waals surface area contributed by atoms with Gasteiger partial charge in [0.05, 0.1) is 18.1 Å². The van der Waals surface area contributed by atoms with Crippen LogP contribution in [0.15, 0.2) is 24.3 Å². The van der Waals surface area contributed by atoms with Gasteiger partial charge in [-0.05, 0) is 25.0 Å². The molecule has 120 valence electrons. The second-order valence-electron chi connectivity index (χ2n) is 5.24. The predicted molar refractivity (Wildman–Crippen MR) is 80.1 cm³/mol. The number of benzene rings is 1. The SMILES string of the molecule is COCCOc1ccccc1C(=O)N1CCC(C(=O)O)CC1. The van der Waals surface area contributed by atoms with Gasteiger partial charge in [0.2, 0.25) is 0 Å². The quantitative estimate of drug-likeness (QED) is 0.809. The van der Waals surface area contributed by atoms with Gasteiger partial charge in [-0.15, -0.1) is 0 Å². The number of rotatable bonds is 6. The fourth-order valence-corrected chi connectivity index (χ4v) is 2.50. The molecule has 1 aromatic rings. The lowest BCUT2D eigenvalue weighted by molar-refractivity contribution is -0.143. The zero-order valence-electron chi connectivity index (χ0n) is 12.7. The molecular formula is C16H21NO5. The maximum atomic E-state index is 12.6. The predicted octanol–water partition coefficient (Wildman–Crippen LogP) is 1.65. The number of carboxylic acids is 1. The number of carboxylic acid groups (broad SMARTS) is 1. The molecule has 0 aliphatic carbocycles. The van der Waals surface area contributed by atoms with E-state index in [4.69, 9.17) is 14.6 Å². The van der Waals surface area contributed by atoms with E-state index in [1.165, 1.54) is 0 Å². The lowest BCUT2D eigenvalue weighted by Crippen LogP contribution is -2.40. The summed E-state index contributed by atoms with van der Waals surface area (Å²) in [6.45, 7) is 1.75. The van der Waals surface area contributed by atoms with E-state index in [1.807, 2.05) is 6.07 Å². The van der Waals surface area contributed by atoms with Gasteiger partial charge in [0.25, 0.3) is 5.91 Å². The van der Waals surface area contributed by atoms with E-state index in [2.05, 4.69) is 0 Å². The zero-order chi connectivity index (χ0) is 15.9. The van der Waals surface area contributed by atoms with Gasteiger partial charge in [-0.25, -0.2) is 0 Å². The van der Waals surface area contributed by atoms with Crippen molar-refractivity contribution >= 4 is 11.9 Å². The molecule has 1 N–H and O–H groups in total.